The van der Waals surface area contributed by atoms with Gasteiger partial charge in [-0.15, -0.1) is 11.3 Å². The fourth-order valence-electron chi connectivity index (χ4n) is 1.96. The molecule has 0 aliphatic carbocycles. The molecule has 4 nitrogen and oxygen atoms in total. The molecule has 100 valence electrons. The van der Waals surface area contributed by atoms with Crippen LogP contribution in [0.2, 0.25) is 5.02 Å². The lowest BCUT2D eigenvalue weighted by Crippen LogP contribution is -1.93. The number of nitrogens with one attached hydrogen (secondary N) is 1. The molecule has 0 saturated heterocycles. The topological polar surface area (TPSA) is 55.2 Å². The Hall–Kier alpha value is -2.11. The molecule has 0 aliphatic heterocycles. The normalized spacial score (nSPS) is 10.7. The first-order valence-corrected chi connectivity index (χ1v) is 7.03. The summed E-state index contributed by atoms with van der Waals surface area (Å²) in [5.74, 6) is 0. The molecule has 0 bridgehead atoms. The summed E-state index contributed by atoms with van der Waals surface area (Å²) in [5.41, 5.74) is 0.879. The maximum Gasteiger partial charge on any atom is 0.311 e. The molecule has 0 amide bonds. The summed E-state index contributed by atoms with van der Waals surface area (Å²) in [7, 11) is 0. The number of halogens is 1. The molecule has 3 aromatic rings. The van der Waals surface area contributed by atoms with Gasteiger partial charge in [0.15, 0.2) is 5.00 Å². The van der Waals surface area contributed by atoms with Crippen molar-refractivity contribution in [2.24, 2.45) is 0 Å². The number of fused-ring (bicyclic) bond motifs is 1. The molecule has 0 spiro atoms. The van der Waals surface area contributed by atoms with Gasteiger partial charge >= 0.3 is 5.69 Å². The maximum absolute atomic E-state index is 11.3. The number of nitro groups is 1. The van der Waals surface area contributed by atoms with E-state index in [0.29, 0.717) is 15.4 Å². The van der Waals surface area contributed by atoms with Crippen LogP contribution in [0.3, 0.4) is 0 Å². The van der Waals surface area contributed by atoms with Gasteiger partial charge in [0.1, 0.15) is 0 Å². The second kappa shape index (κ2) is 5.11. The number of thiophene rings is 1. The Morgan fingerprint density at radius 2 is 1.80 bits per heavy atom. The van der Waals surface area contributed by atoms with Crippen molar-refractivity contribution in [1.82, 2.24) is 0 Å². The Balaban J connectivity index is 2.08. The highest BCUT2D eigenvalue weighted by Gasteiger charge is 2.22. The standard InChI is InChI=1S/C14H9ClN2O2S/c15-9-5-7-10(8-6-9)16-14-13(17(18)19)11-3-1-2-4-12(11)20-14/h1-8,16H. The molecule has 0 radical (unpaired) electrons. The summed E-state index contributed by atoms with van der Waals surface area (Å²) in [6.45, 7) is 0. The highest BCUT2D eigenvalue weighted by molar-refractivity contribution is 7.23. The lowest BCUT2D eigenvalue weighted by molar-refractivity contribution is -0.381. The number of anilines is 2. The quantitative estimate of drug-likeness (QED) is 0.534. The van der Waals surface area contributed by atoms with Gasteiger partial charge < -0.3 is 5.32 Å². The lowest BCUT2D eigenvalue weighted by Gasteiger charge is -2.03. The molecule has 2 aromatic carbocycles. The number of benzene rings is 2. The summed E-state index contributed by atoms with van der Waals surface area (Å²) >= 11 is 7.19. The minimum absolute atomic E-state index is 0.112. The van der Waals surface area contributed by atoms with Crippen LogP contribution >= 0.6 is 22.9 Å². The van der Waals surface area contributed by atoms with Crippen molar-refractivity contribution in [3.8, 4) is 0 Å². The zero-order chi connectivity index (χ0) is 14.1. The van der Waals surface area contributed by atoms with Gasteiger partial charge in [-0.05, 0) is 36.4 Å². The lowest BCUT2D eigenvalue weighted by atomic mass is 10.2. The molecule has 0 unspecified atom stereocenters. The van der Waals surface area contributed by atoms with Crippen molar-refractivity contribution < 1.29 is 4.92 Å². The van der Waals surface area contributed by atoms with Gasteiger partial charge in [-0.25, -0.2) is 0 Å². The Bertz CT molecular complexity index is 783. The Kier molecular flexibility index (Phi) is 3.30. The van der Waals surface area contributed by atoms with Crippen LogP contribution in [0.1, 0.15) is 0 Å². The Labute approximate surface area is 123 Å². The minimum Gasteiger partial charge on any atom is -0.341 e. The summed E-state index contributed by atoms with van der Waals surface area (Å²) in [6.07, 6.45) is 0. The van der Waals surface area contributed by atoms with E-state index >= 15 is 0 Å². The molecule has 20 heavy (non-hydrogen) atoms. The van der Waals surface area contributed by atoms with Crippen LogP contribution < -0.4 is 5.32 Å². The maximum atomic E-state index is 11.3. The van der Waals surface area contributed by atoms with E-state index in [1.165, 1.54) is 11.3 Å². The Morgan fingerprint density at radius 1 is 1.10 bits per heavy atom. The summed E-state index contributed by atoms with van der Waals surface area (Å²) in [4.78, 5) is 10.9. The molecule has 1 N–H and O–H groups in total. The van der Waals surface area contributed by atoms with E-state index in [1.54, 1.807) is 36.4 Å². The third kappa shape index (κ3) is 2.33. The van der Waals surface area contributed by atoms with Crippen LogP contribution in [0, 0.1) is 10.1 Å². The van der Waals surface area contributed by atoms with Gasteiger partial charge in [0.05, 0.1) is 10.3 Å². The third-order valence-electron chi connectivity index (χ3n) is 2.85. The monoisotopic (exact) mass is 304 g/mol. The van der Waals surface area contributed by atoms with Gasteiger partial charge in [0.2, 0.25) is 0 Å². The van der Waals surface area contributed by atoms with Crippen LogP contribution in [0.25, 0.3) is 10.1 Å². The zero-order valence-corrected chi connectivity index (χ0v) is 11.7. The van der Waals surface area contributed by atoms with Gasteiger partial charge in [-0.1, -0.05) is 23.7 Å². The fraction of sp³-hybridized carbons (Fsp3) is 0. The van der Waals surface area contributed by atoms with E-state index < -0.39 is 0 Å². The van der Waals surface area contributed by atoms with Gasteiger partial charge in [0, 0.05) is 15.4 Å². The summed E-state index contributed by atoms with van der Waals surface area (Å²) in [5, 5.41) is 16.2. The van der Waals surface area contributed by atoms with Crippen LogP contribution in [-0.4, -0.2) is 4.92 Å². The van der Waals surface area contributed by atoms with Crippen LogP contribution in [0.5, 0.6) is 0 Å². The SMILES string of the molecule is O=[N+]([O-])c1c(Nc2ccc(Cl)cc2)sc2ccccc12. The van der Waals surface area contributed by atoms with Gasteiger partial charge in [0.25, 0.3) is 0 Å². The molecule has 0 fully saturated rings. The molecular weight excluding hydrogens is 296 g/mol. The van der Waals surface area contributed by atoms with E-state index in [-0.39, 0.29) is 10.6 Å². The van der Waals surface area contributed by atoms with Crippen molar-refractivity contribution in [1.29, 1.82) is 0 Å². The number of nitrogens with zero attached hydrogens (tertiary/aromatic N) is 1. The fourth-order valence-corrected chi connectivity index (χ4v) is 3.18. The molecule has 0 saturated carbocycles. The summed E-state index contributed by atoms with van der Waals surface area (Å²) < 4.78 is 0.885. The van der Waals surface area contributed by atoms with E-state index in [2.05, 4.69) is 5.32 Å². The molecule has 3 rings (SSSR count). The molecule has 1 aromatic heterocycles. The smallest absolute Gasteiger partial charge is 0.311 e. The molecule has 1 heterocycles. The van der Waals surface area contributed by atoms with Crippen LogP contribution in [0.15, 0.2) is 48.5 Å². The van der Waals surface area contributed by atoms with E-state index in [9.17, 15) is 10.1 Å². The van der Waals surface area contributed by atoms with E-state index in [0.717, 1.165) is 10.4 Å². The molecule has 6 heteroatoms. The van der Waals surface area contributed by atoms with Crippen molar-refractivity contribution in [3.05, 3.63) is 63.7 Å². The largest absolute Gasteiger partial charge is 0.341 e. The second-order valence-electron chi connectivity index (χ2n) is 4.16. The molecular formula is C14H9ClN2O2S. The average Bonchev–Trinajstić information content (AvgIpc) is 2.79. The highest BCUT2D eigenvalue weighted by atomic mass is 35.5. The van der Waals surface area contributed by atoms with Crippen molar-refractivity contribution in [2.75, 3.05) is 5.32 Å². The molecule has 0 aliphatic rings. The van der Waals surface area contributed by atoms with Crippen LogP contribution in [0.4, 0.5) is 16.4 Å². The van der Waals surface area contributed by atoms with Gasteiger partial charge in [-0.3, -0.25) is 10.1 Å². The van der Waals surface area contributed by atoms with Gasteiger partial charge in [-0.2, -0.15) is 0 Å². The van der Waals surface area contributed by atoms with Crippen molar-refractivity contribution in [3.63, 3.8) is 0 Å². The number of rotatable bonds is 3. The van der Waals surface area contributed by atoms with Crippen LogP contribution in [-0.2, 0) is 0 Å². The second-order valence-corrected chi connectivity index (χ2v) is 5.65. The minimum atomic E-state index is -0.350. The zero-order valence-electron chi connectivity index (χ0n) is 10.2. The predicted octanol–water partition coefficient (Wildman–Crippen LogP) is 5.21. The van der Waals surface area contributed by atoms with Crippen molar-refractivity contribution in [2.45, 2.75) is 0 Å². The third-order valence-corrected chi connectivity index (χ3v) is 4.18. The number of hydrogen-bond acceptors (Lipinski definition) is 4. The van der Waals surface area contributed by atoms with E-state index in [4.69, 9.17) is 11.6 Å². The molecule has 0 atom stereocenters. The average molecular weight is 305 g/mol. The summed E-state index contributed by atoms with van der Waals surface area (Å²) in [6, 6.07) is 14.4. The Morgan fingerprint density at radius 3 is 2.50 bits per heavy atom. The first-order chi connectivity index (χ1) is 9.65. The predicted molar refractivity (Wildman–Crippen MR) is 83.2 cm³/mol. The van der Waals surface area contributed by atoms with Crippen molar-refractivity contribution >= 4 is 49.4 Å². The van der Waals surface area contributed by atoms with E-state index in [1.807, 2.05) is 12.1 Å². The first kappa shape index (κ1) is 12.9. The number of hydrogen-bond donors (Lipinski definition) is 1. The highest BCUT2D eigenvalue weighted by Crippen LogP contribution is 2.42. The first-order valence-electron chi connectivity index (χ1n) is 5.83.